The van der Waals surface area contributed by atoms with Crippen molar-refractivity contribution in [2.75, 3.05) is 0 Å². The summed E-state index contributed by atoms with van der Waals surface area (Å²) in [6.45, 7) is 4.50. The minimum absolute atomic E-state index is 0.208. The third-order valence-electron chi connectivity index (χ3n) is 5.61. The van der Waals surface area contributed by atoms with E-state index >= 15 is 0 Å². The molecule has 1 aromatic carbocycles. The normalized spacial score (nSPS) is 22.5. The first-order valence-corrected chi connectivity index (χ1v) is 9.74. The van der Waals surface area contributed by atoms with Crippen molar-refractivity contribution in [2.24, 2.45) is 17.8 Å². The van der Waals surface area contributed by atoms with Crippen LogP contribution >= 0.6 is 0 Å². The van der Waals surface area contributed by atoms with E-state index in [9.17, 15) is 5.26 Å². The Hall–Kier alpha value is -1.29. The number of aryl methyl sites for hydroxylation is 1. The van der Waals surface area contributed by atoms with Crippen molar-refractivity contribution in [3.05, 3.63) is 35.4 Å². The molecule has 0 amide bonds. The molecule has 0 aromatic heterocycles. The van der Waals surface area contributed by atoms with Gasteiger partial charge in [-0.2, -0.15) is 5.26 Å². The standard InChI is InChI=1S/C22H33N/c1-3-5-7-19-12-14-21(15-13-19)22(17-23)16-20-10-8-18(6-4-2)9-11-20/h8-11,19,21-22H,3-7,12-16H2,1-2H3/t19-,21-,22?. The molecule has 0 saturated heterocycles. The van der Waals surface area contributed by atoms with Crippen LogP contribution in [0.4, 0.5) is 0 Å². The average molecular weight is 312 g/mol. The van der Waals surface area contributed by atoms with Gasteiger partial charge in [-0.3, -0.25) is 0 Å². The molecule has 1 aliphatic carbocycles. The maximum absolute atomic E-state index is 9.64. The van der Waals surface area contributed by atoms with Crippen LogP contribution in [-0.4, -0.2) is 0 Å². The van der Waals surface area contributed by atoms with Gasteiger partial charge in [0.15, 0.2) is 0 Å². The van der Waals surface area contributed by atoms with Gasteiger partial charge in [-0.05, 0) is 48.6 Å². The van der Waals surface area contributed by atoms with E-state index < -0.39 is 0 Å². The summed E-state index contributed by atoms with van der Waals surface area (Å²) in [5.41, 5.74) is 2.76. The van der Waals surface area contributed by atoms with Crippen LogP contribution in [-0.2, 0) is 12.8 Å². The lowest BCUT2D eigenvalue weighted by Crippen LogP contribution is -2.22. The Kier molecular flexibility index (Phi) is 7.66. The predicted octanol–water partition coefficient (Wildman–Crippen LogP) is 6.32. The summed E-state index contributed by atoms with van der Waals surface area (Å²) in [6, 6.07) is 11.6. The number of hydrogen-bond donors (Lipinski definition) is 0. The highest BCUT2D eigenvalue weighted by Gasteiger charge is 2.27. The summed E-state index contributed by atoms with van der Waals surface area (Å²) in [5.74, 6) is 1.76. The molecule has 1 atom stereocenters. The summed E-state index contributed by atoms with van der Waals surface area (Å²) < 4.78 is 0. The van der Waals surface area contributed by atoms with Gasteiger partial charge < -0.3 is 0 Å². The van der Waals surface area contributed by atoms with Crippen LogP contribution in [0, 0.1) is 29.1 Å². The fourth-order valence-electron chi connectivity index (χ4n) is 4.07. The van der Waals surface area contributed by atoms with Crippen LogP contribution < -0.4 is 0 Å². The van der Waals surface area contributed by atoms with E-state index in [2.05, 4.69) is 44.2 Å². The smallest absolute Gasteiger partial charge is 0.0662 e. The highest BCUT2D eigenvalue weighted by Crippen LogP contribution is 2.36. The largest absolute Gasteiger partial charge is 0.198 e. The van der Waals surface area contributed by atoms with E-state index in [1.165, 1.54) is 62.5 Å². The highest BCUT2D eigenvalue weighted by molar-refractivity contribution is 5.23. The van der Waals surface area contributed by atoms with Gasteiger partial charge in [-0.15, -0.1) is 0 Å². The third kappa shape index (κ3) is 5.69. The van der Waals surface area contributed by atoms with Crippen LogP contribution in [0.2, 0.25) is 0 Å². The molecule has 126 valence electrons. The van der Waals surface area contributed by atoms with Crippen LogP contribution in [0.3, 0.4) is 0 Å². The first-order valence-electron chi connectivity index (χ1n) is 9.74. The van der Waals surface area contributed by atoms with Crippen LogP contribution in [0.1, 0.15) is 76.3 Å². The number of unbranched alkanes of at least 4 members (excludes halogenated alkanes) is 1. The monoisotopic (exact) mass is 311 g/mol. The van der Waals surface area contributed by atoms with Crippen molar-refractivity contribution in [3.63, 3.8) is 0 Å². The maximum Gasteiger partial charge on any atom is 0.0662 e. The average Bonchev–Trinajstić information content (AvgIpc) is 2.60. The van der Waals surface area contributed by atoms with E-state index in [4.69, 9.17) is 0 Å². The van der Waals surface area contributed by atoms with Crippen LogP contribution in [0.25, 0.3) is 0 Å². The molecule has 1 nitrogen and oxygen atoms in total. The molecule has 23 heavy (non-hydrogen) atoms. The van der Waals surface area contributed by atoms with Gasteiger partial charge in [0, 0.05) is 0 Å². The Balaban J connectivity index is 1.85. The number of nitrogens with zero attached hydrogens (tertiary/aromatic N) is 1. The Morgan fingerprint density at radius 2 is 1.65 bits per heavy atom. The van der Waals surface area contributed by atoms with Gasteiger partial charge in [-0.1, -0.05) is 76.6 Å². The molecule has 0 aliphatic heterocycles. The second-order valence-electron chi connectivity index (χ2n) is 7.43. The molecular formula is C22H33N. The summed E-state index contributed by atoms with van der Waals surface area (Å²) in [6.07, 6.45) is 12.6. The van der Waals surface area contributed by atoms with Gasteiger partial charge in [-0.25, -0.2) is 0 Å². The second kappa shape index (κ2) is 9.76. The molecule has 1 saturated carbocycles. The molecule has 1 unspecified atom stereocenters. The second-order valence-corrected chi connectivity index (χ2v) is 7.43. The van der Waals surface area contributed by atoms with Crippen molar-refractivity contribution in [3.8, 4) is 6.07 Å². The van der Waals surface area contributed by atoms with Crippen molar-refractivity contribution in [2.45, 2.75) is 78.1 Å². The summed E-state index contributed by atoms with van der Waals surface area (Å²) in [7, 11) is 0. The molecule has 1 aromatic rings. The lowest BCUT2D eigenvalue weighted by atomic mass is 9.73. The number of hydrogen-bond acceptors (Lipinski definition) is 1. The van der Waals surface area contributed by atoms with Gasteiger partial charge in [0.05, 0.1) is 12.0 Å². The van der Waals surface area contributed by atoms with Gasteiger partial charge in [0.25, 0.3) is 0 Å². The fourth-order valence-corrected chi connectivity index (χ4v) is 4.07. The minimum atomic E-state index is 0.208. The van der Waals surface area contributed by atoms with Gasteiger partial charge in [0.2, 0.25) is 0 Å². The molecular weight excluding hydrogens is 278 g/mol. The Morgan fingerprint density at radius 3 is 2.22 bits per heavy atom. The van der Waals surface area contributed by atoms with Crippen LogP contribution in [0.5, 0.6) is 0 Å². The first kappa shape index (κ1) is 18.1. The lowest BCUT2D eigenvalue weighted by molar-refractivity contribution is 0.221. The Labute approximate surface area is 143 Å². The van der Waals surface area contributed by atoms with Crippen molar-refractivity contribution >= 4 is 0 Å². The van der Waals surface area contributed by atoms with E-state index in [1.54, 1.807) is 0 Å². The molecule has 0 spiro atoms. The lowest BCUT2D eigenvalue weighted by Gasteiger charge is -2.31. The van der Waals surface area contributed by atoms with Gasteiger partial charge >= 0.3 is 0 Å². The highest BCUT2D eigenvalue weighted by atomic mass is 14.4. The molecule has 2 rings (SSSR count). The van der Waals surface area contributed by atoms with E-state index in [0.717, 1.165) is 18.8 Å². The first-order chi connectivity index (χ1) is 11.3. The summed E-state index contributed by atoms with van der Waals surface area (Å²) in [5, 5.41) is 9.64. The summed E-state index contributed by atoms with van der Waals surface area (Å²) >= 11 is 0. The van der Waals surface area contributed by atoms with E-state index in [1.807, 2.05) is 0 Å². The number of rotatable bonds is 8. The molecule has 1 aliphatic rings. The van der Waals surface area contributed by atoms with E-state index in [-0.39, 0.29) is 5.92 Å². The zero-order valence-corrected chi connectivity index (χ0v) is 15.1. The van der Waals surface area contributed by atoms with E-state index in [0.29, 0.717) is 5.92 Å². The number of benzene rings is 1. The Bertz CT molecular complexity index is 474. The van der Waals surface area contributed by atoms with Gasteiger partial charge in [0.1, 0.15) is 0 Å². The zero-order valence-electron chi connectivity index (χ0n) is 15.1. The quantitative estimate of drug-likeness (QED) is 0.551. The fraction of sp³-hybridized carbons (Fsp3) is 0.682. The predicted molar refractivity (Wildman–Crippen MR) is 98.2 cm³/mol. The number of nitriles is 1. The molecule has 0 N–H and O–H groups in total. The van der Waals surface area contributed by atoms with Crippen molar-refractivity contribution in [1.29, 1.82) is 5.26 Å². The third-order valence-corrected chi connectivity index (χ3v) is 5.61. The van der Waals surface area contributed by atoms with Crippen molar-refractivity contribution < 1.29 is 0 Å². The molecule has 1 heteroatoms. The maximum atomic E-state index is 9.64. The van der Waals surface area contributed by atoms with Crippen LogP contribution in [0.15, 0.2) is 24.3 Å². The SMILES string of the molecule is CCCC[C@H]1CC[C@H](C(C#N)Cc2ccc(CCC)cc2)CC1. The molecule has 0 heterocycles. The molecule has 0 radical (unpaired) electrons. The molecule has 0 bridgehead atoms. The van der Waals surface area contributed by atoms with Crippen molar-refractivity contribution in [1.82, 2.24) is 0 Å². The molecule has 1 fully saturated rings. The zero-order chi connectivity index (χ0) is 16.5. The summed E-state index contributed by atoms with van der Waals surface area (Å²) in [4.78, 5) is 0. The Morgan fingerprint density at radius 1 is 1.00 bits per heavy atom. The minimum Gasteiger partial charge on any atom is -0.198 e. The topological polar surface area (TPSA) is 23.8 Å².